The lowest BCUT2D eigenvalue weighted by Gasteiger charge is -2.33. The summed E-state index contributed by atoms with van der Waals surface area (Å²) in [4.78, 5) is 25.5. The SMILES string of the molecule is C=C/C(C(=O)NCC(C)(C)O)=C(/C)N(Cc1cc(C(C)(C)C)nc(C2(C)CC2)n1)CC1CCCCC1. The third kappa shape index (κ3) is 7.64. The maximum Gasteiger partial charge on any atom is 0.253 e. The molecule has 2 aliphatic carbocycles. The van der Waals surface area contributed by atoms with Gasteiger partial charge < -0.3 is 15.3 Å². The molecule has 0 radical (unpaired) electrons. The van der Waals surface area contributed by atoms with Gasteiger partial charge in [0.1, 0.15) is 5.82 Å². The van der Waals surface area contributed by atoms with Gasteiger partial charge in [-0.05, 0) is 58.4 Å². The van der Waals surface area contributed by atoms with E-state index in [0.717, 1.165) is 42.3 Å². The number of allylic oxidation sites excluding steroid dienone is 1. The van der Waals surface area contributed by atoms with Gasteiger partial charge in [-0.25, -0.2) is 9.97 Å². The van der Waals surface area contributed by atoms with Crippen molar-refractivity contribution in [3.8, 4) is 0 Å². The van der Waals surface area contributed by atoms with Gasteiger partial charge in [0.15, 0.2) is 0 Å². The lowest BCUT2D eigenvalue weighted by Crippen LogP contribution is -2.39. The summed E-state index contributed by atoms with van der Waals surface area (Å²) in [6.45, 7) is 19.9. The maximum absolute atomic E-state index is 13.1. The number of nitrogens with one attached hydrogen (secondary N) is 1. The number of aliphatic hydroxyl groups is 1. The van der Waals surface area contributed by atoms with E-state index in [1.807, 2.05) is 6.92 Å². The van der Waals surface area contributed by atoms with Crippen LogP contribution in [0.5, 0.6) is 0 Å². The summed E-state index contributed by atoms with van der Waals surface area (Å²) in [6.07, 6.45) is 10.2. The number of carbonyl (C=O) groups is 1. The van der Waals surface area contributed by atoms with Crippen LogP contribution in [0.4, 0.5) is 0 Å². The summed E-state index contributed by atoms with van der Waals surface area (Å²) < 4.78 is 0. The average molecular weight is 497 g/mol. The zero-order valence-electron chi connectivity index (χ0n) is 23.7. The highest BCUT2D eigenvalue weighted by atomic mass is 16.3. The molecule has 1 aromatic rings. The minimum absolute atomic E-state index is 0.0694. The number of hydrogen-bond donors (Lipinski definition) is 2. The zero-order chi connectivity index (χ0) is 26.7. The van der Waals surface area contributed by atoms with Crippen LogP contribution in [0.25, 0.3) is 0 Å². The number of aromatic nitrogens is 2. The highest BCUT2D eigenvalue weighted by Crippen LogP contribution is 2.46. The van der Waals surface area contributed by atoms with Crippen LogP contribution in [0.1, 0.15) is 111 Å². The van der Waals surface area contributed by atoms with Crippen LogP contribution in [0, 0.1) is 5.92 Å². The molecule has 1 amide bonds. The molecule has 0 bridgehead atoms. The first kappa shape index (κ1) is 28.4. The first-order valence-corrected chi connectivity index (χ1v) is 13.7. The Bertz CT molecular complexity index is 950. The molecule has 36 heavy (non-hydrogen) atoms. The summed E-state index contributed by atoms with van der Waals surface area (Å²) in [6, 6.07) is 2.15. The Morgan fingerprint density at radius 2 is 1.83 bits per heavy atom. The molecule has 0 saturated heterocycles. The average Bonchev–Trinajstić information content (AvgIpc) is 3.56. The van der Waals surface area contributed by atoms with E-state index in [4.69, 9.17) is 9.97 Å². The second-order valence-electron chi connectivity index (χ2n) is 13.0. The molecular weight excluding hydrogens is 448 g/mol. The summed E-state index contributed by atoms with van der Waals surface area (Å²) >= 11 is 0. The van der Waals surface area contributed by atoms with Crippen molar-refractivity contribution in [3.05, 3.63) is 47.2 Å². The molecule has 1 aromatic heterocycles. The molecule has 2 aliphatic rings. The normalized spacial score (nSPS) is 18.9. The fourth-order valence-corrected chi connectivity index (χ4v) is 4.81. The summed E-state index contributed by atoms with van der Waals surface area (Å²) in [7, 11) is 0. The van der Waals surface area contributed by atoms with Crippen molar-refractivity contribution < 1.29 is 9.90 Å². The molecule has 0 spiro atoms. The quantitative estimate of drug-likeness (QED) is 0.328. The minimum atomic E-state index is -0.975. The largest absolute Gasteiger partial charge is 0.389 e. The molecule has 3 rings (SSSR count). The molecule has 2 saturated carbocycles. The lowest BCUT2D eigenvalue weighted by atomic mass is 9.88. The monoisotopic (exact) mass is 496 g/mol. The van der Waals surface area contributed by atoms with Crippen molar-refractivity contribution in [1.82, 2.24) is 20.2 Å². The molecule has 6 nitrogen and oxygen atoms in total. The Balaban J connectivity index is 1.96. The summed E-state index contributed by atoms with van der Waals surface area (Å²) in [5.41, 5.74) is 2.57. The topological polar surface area (TPSA) is 78.4 Å². The fourth-order valence-electron chi connectivity index (χ4n) is 4.81. The predicted octanol–water partition coefficient (Wildman–Crippen LogP) is 5.56. The molecule has 0 aliphatic heterocycles. The van der Waals surface area contributed by atoms with Crippen LogP contribution in [0.2, 0.25) is 0 Å². The Hall–Kier alpha value is -2.21. The lowest BCUT2D eigenvalue weighted by molar-refractivity contribution is -0.118. The third-order valence-electron chi connectivity index (χ3n) is 7.64. The van der Waals surface area contributed by atoms with Crippen molar-refractivity contribution in [3.63, 3.8) is 0 Å². The van der Waals surface area contributed by atoms with Gasteiger partial charge in [0.25, 0.3) is 5.91 Å². The summed E-state index contributed by atoms with van der Waals surface area (Å²) in [5.74, 6) is 1.35. The van der Waals surface area contributed by atoms with Crippen LogP contribution in [-0.2, 0) is 22.2 Å². The maximum atomic E-state index is 13.1. The number of carbonyl (C=O) groups excluding carboxylic acids is 1. The Morgan fingerprint density at radius 3 is 2.36 bits per heavy atom. The van der Waals surface area contributed by atoms with Crippen molar-refractivity contribution in [2.75, 3.05) is 13.1 Å². The Kier molecular flexibility index (Phi) is 8.70. The van der Waals surface area contributed by atoms with Crippen molar-refractivity contribution in [2.45, 2.75) is 116 Å². The van der Waals surface area contributed by atoms with E-state index in [9.17, 15) is 9.90 Å². The summed E-state index contributed by atoms with van der Waals surface area (Å²) in [5, 5.41) is 13.0. The molecule has 200 valence electrons. The first-order chi connectivity index (χ1) is 16.7. The smallest absolute Gasteiger partial charge is 0.253 e. The minimum Gasteiger partial charge on any atom is -0.389 e. The molecule has 2 fully saturated rings. The van der Waals surface area contributed by atoms with Crippen LogP contribution in [0.15, 0.2) is 30.0 Å². The van der Waals surface area contributed by atoms with E-state index in [-0.39, 0.29) is 23.3 Å². The third-order valence-corrected chi connectivity index (χ3v) is 7.64. The van der Waals surface area contributed by atoms with Gasteiger partial charge in [0.05, 0.1) is 23.4 Å². The van der Waals surface area contributed by atoms with E-state index in [0.29, 0.717) is 18.0 Å². The molecule has 1 heterocycles. The number of amides is 1. The van der Waals surface area contributed by atoms with Crippen molar-refractivity contribution in [1.29, 1.82) is 0 Å². The van der Waals surface area contributed by atoms with Gasteiger partial charge >= 0.3 is 0 Å². The van der Waals surface area contributed by atoms with Crippen LogP contribution >= 0.6 is 0 Å². The molecule has 2 N–H and O–H groups in total. The first-order valence-electron chi connectivity index (χ1n) is 13.7. The van der Waals surface area contributed by atoms with Crippen LogP contribution in [-0.4, -0.2) is 44.6 Å². The fraction of sp³-hybridized carbons (Fsp3) is 0.700. The van der Waals surface area contributed by atoms with Gasteiger partial charge in [-0.3, -0.25) is 4.79 Å². The van der Waals surface area contributed by atoms with Gasteiger partial charge in [-0.2, -0.15) is 0 Å². The second-order valence-corrected chi connectivity index (χ2v) is 13.0. The standard InChI is InChI=1S/C30H48N4O2/c1-9-24(26(35)31-20-29(6,7)36)21(2)34(18-22-13-11-10-12-14-22)19-23-17-25(28(3,4)5)33-27(32-23)30(8)15-16-30/h9,17,22,36H,1,10-16,18-20H2,2-8H3,(H,31,35)/b24-21+. The van der Waals surface area contributed by atoms with Crippen molar-refractivity contribution >= 4 is 5.91 Å². The van der Waals surface area contributed by atoms with Gasteiger partial charge in [0.2, 0.25) is 0 Å². The zero-order valence-corrected chi connectivity index (χ0v) is 23.7. The predicted molar refractivity (Wildman–Crippen MR) is 147 cm³/mol. The molecule has 6 heteroatoms. The van der Waals surface area contributed by atoms with Crippen LogP contribution < -0.4 is 5.32 Å². The van der Waals surface area contributed by atoms with Crippen LogP contribution in [0.3, 0.4) is 0 Å². The highest BCUT2D eigenvalue weighted by molar-refractivity contribution is 5.96. The van der Waals surface area contributed by atoms with Gasteiger partial charge in [-0.15, -0.1) is 0 Å². The van der Waals surface area contributed by atoms with E-state index in [2.05, 4.69) is 50.6 Å². The van der Waals surface area contributed by atoms with E-state index < -0.39 is 5.60 Å². The molecule has 0 unspecified atom stereocenters. The van der Waals surface area contributed by atoms with E-state index in [1.165, 1.54) is 32.1 Å². The van der Waals surface area contributed by atoms with Gasteiger partial charge in [-0.1, -0.05) is 59.6 Å². The van der Waals surface area contributed by atoms with E-state index >= 15 is 0 Å². The number of hydrogen-bond acceptors (Lipinski definition) is 5. The number of rotatable bonds is 10. The Labute approximate surface area is 218 Å². The van der Waals surface area contributed by atoms with Crippen molar-refractivity contribution in [2.24, 2.45) is 5.92 Å². The molecular formula is C30H48N4O2. The molecule has 0 aromatic carbocycles. The van der Waals surface area contributed by atoms with E-state index in [1.54, 1.807) is 19.9 Å². The molecule has 0 atom stereocenters. The van der Waals surface area contributed by atoms with Gasteiger partial charge in [0, 0.05) is 35.3 Å². The highest BCUT2D eigenvalue weighted by Gasteiger charge is 2.42. The second kappa shape index (κ2) is 11.0. The number of nitrogens with zero attached hydrogens (tertiary/aromatic N) is 3. The Morgan fingerprint density at radius 1 is 1.19 bits per heavy atom.